The van der Waals surface area contributed by atoms with Crippen molar-refractivity contribution in [1.29, 1.82) is 0 Å². The summed E-state index contributed by atoms with van der Waals surface area (Å²) in [5.74, 6) is 14.2. The summed E-state index contributed by atoms with van der Waals surface area (Å²) in [5.41, 5.74) is 17.2. The number of aromatic amines is 1. The van der Waals surface area contributed by atoms with E-state index in [9.17, 15) is 14.4 Å². The maximum absolute atomic E-state index is 13.6. The molecule has 0 spiro atoms. The number of likely N-dealkylation sites (tertiary alicyclic amines) is 1. The van der Waals surface area contributed by atoms with Gasteiger partial charge in [-0.3, -0.25) is 24.5 Å². The molecular formula is C49H54N16O3S3. The molecule has 8 rings (SSSR count). The van der Waals surface area contributed by atoms with Crippen molar-refractivity contribution in [2.75, 3.05) is 67.6 Å². The fourth-order valence-electron chi connectivity index (χ4n) is 7.59. The van der Waals surface area contributed by atoms with Crippen LogP contribution in [0.25, 0.3) is 27.6 Å². The fourth-order valence-corrected chi connectivity index (χ4v) is 9.52. The summed E-state index contributed by atoms with van der Waals surface area (Å²) in [4.78, 5) is 60.0. The number of piperidine rings is 1. The van der Waals surface area contributed by atoms with Gasteiger partial charge in [0.2, 0.25) is 16.2 Å². The molecule has 0 unspecified atom stereocenters. The van der Waals surface area contributed by atoms with E-state index in [-0.39, 0.29) is 30.0 Å². The number of hydrogen-bond acceptors (Lipinski definition) is 18. The molecule has 0 aliphatic carbocycles. The first-order chi connectivity index (χ1) is 34.7. The summed E-state index contributed by atoms with van der Waals surface area (Å²) in [6.45, 7) is 6.32. The van der Waals surface area contributed by atoms with Gasteiger partial charge in [0.1, 0.15) is 5.69 Å². The van der Waals surface area contributed by atoms with Gasteiger partial charge in [-0.2, -0.15) is 4.68 Å². The van der Waals surface area contributed by atoms with Crippen LogP contribution in [0.1, 0.15) is 47.7 Å². The second kappa shape index (κ2) is 24.5. The summed E-state index contributed by atoms with van der Waals surface area (Å²) < 4.78 is 1.37. The van der Waals surface area contributed by atoms with Gasteiger partial charge in [-0.1, -0.05) is 85.1 Å². The van der Waals surface area contributed by atoms with Gasteiger partial charge in [-0.05, 0) is 62.2 Å². The van der Waals surface area contributed by atoms with Gasteiger partial charge < -0.3 is 32.3 Å². The molecule has 0 atom stereocenters. The topological polar surface area (TPSA) is 269 Å². The van der Waals surface area contributed by atoms with Gasteiger partial charge in [0.15, 0.2) is 22.5 Å². The van der Waals surface area contributed by atoms with Crippen LogP contribution >= 0.6 is 34.4 Å². The molecule has 0 bridgehead atoms. The molecule has 19 nitrogen and oxygen atoms in total. The Labute approximate surface area is 422 Å². The first-order valence-corrected chi connectivity index (χ1v) is 25.8. The molecule has 71 heavy (non-hydrogen) atoms. The molecule has 0 radical (unpaired) electrons. The number of thioether (sulfide) groups is 1. The number of rotatable bonds is 20. The zero-order valence-corrected chi connectivity index (χ0v) is 41.5. The van der Waals surface area contributed by atoms with E-state index in [0.717, 1.165) is 60.4 Å². The Morgan fingerprint density at radius 2 is 1.75 bits per heavy atom. The highest BCUT2D eigenvalue weighted by atomic mass is 32.2. The third kappa shape index (κ3) is 13.1. The van der Waals surface area contributed by atoms with Crippen LogP contribution in [0.15, 0.2) is 116 Å². The molecule has 366 valence electrons. The molecule has 1 aliphatic heterocycles. The average Bonchev–Trinajstić information content (AvgIpc) is 4.18. The number of H-pyrrole nitrogens is 1. The van der Waals surface area contributed by atoms with Crippen molar-refractivity contribution in [3.63, 3.8) is 0 Å². The Balaban J connectivity index is 0.756. The first-order valence-electron chi connectivity index (χ1n) is 23.1. The van der Waals surface area contributed by atoms with Crippen LogP contribution in [0.5, 0.6) is 0 Å². The molecule has 3 aromatic carbocycles. The number of anilines is 3. The number of nitrogens with zero attached hydrogens (tertiary/aromatic N) is 9. The van der Waals surface area contributed by atoms with Crippen molar-refractivity contribution in [3.8, 4) is 39.5 Å². The number of carbonyl (C=O) groups excluding carboxylic acids is 2. The normalized spacial score (nSPS) is 12.9. The van der Waals surface area contributed by atoms with E-state index in [4.69, 9.17) is 22.3 Å². The van der Waals surface area contributed by atoms with Crippen molar-refractivity contribution < 1.29 is 9.59 Å². The standard InChI is InChI=1S/C49H54N16O3S3/c1-2-28-69-48-58-42(53-22-20-50)39(51)43(59-48)64(52)30-33-12-10-32(11-13-33)7-6-21-54-45(67)37-18-25-63(26-19-37)27-23-55-44(66)36-16-14-34(15-17-36)38-31-71-49(57-38)65-46(68)41(60-61-47-56-24-29-70-47)40(62-65)35-8-4-3-5-9-35/h3-5,8-17,24,29,31,37,62H,2,18-23,25-28,30,50-52H2,1H3,(H,54,67)(H,55,66)(H,53,58,59). The number of aromatic nitrogens is 6. The minimum absolute atomic E-state index is 0.000170. The van der Waals surface area contributed by atoms with Crippen molar-refractivity contribution >= 4 is 74.4 Å². The second-order valence-corrected chi connectivity index (χ2v) is 19.1. The minimum atomic E-state index is -0.392. The Bertz CT molecular complexity index is 3030. The second-order valence-electron chi connectivity index (χ2n) is 16.3. The largest absolute Gasteiger partial charge is 0.393 e. The lowest BCUT2D eigenvalue weighted by Gasteiger charge is -2.31. The van der Waals surface area contributed by atoms with Gasteiger partial charge in [0, 0.05) is 77.1 Å². The van der Waals surface area contributed by atoms with Gasteiger partial charge in [0.05, 0.1) is 24.5 Å². The van der Waals surface area contributed by atoms with Crippen molar-refractivity contribution in [2.45, 2.75) is 37.9 Å². The third-order valence-electron chi connectivity index (χ3n) is 11.3. The predicted molar refractivity (Wildman–Crippen MR) is 282 cm³/mol. The number of benzene rings is 3. The molecule has 2 amide bonds. The molecule has 22 heteroatoms. The number of thiazole rings is 2. The fraction of sp³-hybridized carbons (Fsp3) is 0.286. The van der Waals surface area contributed by atoms with Crippen LogP contribution in [0.2, 0.25) is 0 Å². The molecule has 7 aromatic rings. The van der Waals surface area contributed by atoms with E-state index in [2.05, 4.69) is 69.9 Å². The summed E-state index contributed by atoms with van der Waals surface area (Å²) in [6.07, 6.45) is 4.06. The molecule has 1 saturated heterocycles. The van der Waals surface area contributed by atoms with Crippen LogP contribution in [0, 0.1) is 17.8 Å². The van der Waals surface area contributed by atoms with E-state index in [1.165, 1.54) is 32.4 Å². The Kier molecular flexibility index (Phi) is 17.3. The highest BCUT2D eigenvalue weighted by Gasteiger charge is 2.25. The molecule has 0 saturated carbocycles. The van der Waals surface area contributed by atoms with E-state index in [1.807, 2.05) is 72.1 Å². The van der Waals surface area contributed by atoms with Gasteiger partial charge in [-0.25, -0.2) is 25.8 Å². The number of carbonyl (C=O) groups is 2. The number of nitrogens with one attached hydrogen (secondary N) is 4. The highest BCUT2D eigenvalue weighted by molar-refractivity contribution is 7.99. The van der Waals surface area contributed by atoms with E-state index < -0.39 is 5.56 Å². The quantitative estimate of drug-likeness (QED) is 0.0106. The monoisotopic (exact) mass is 1010 g/mol. The SMILES string of the molecule is CCCSc1nc(NCCN)c(N)c(N(N)Cc2ccc(C#CCNC(=O)C3CCN(CCNC(=O)c4ccc(-c5csc(-n6[nH]c(-c7ccccc7)c(N=Nc7nccs7)c6=O)n5)cc4)CC3)cc2)n1. The zero-order valence-electron chi connectivity index (χ0n) is 39.0. The maximum Gasteiger partial charge on any atom is 0.301 e. The molecule has 10 N–H and O–H groups in total. The molecule has 1 fully saturated rings. The predicted octanol–water partition coefficient (Wildman–Crippen LogP) is 6.56. The first kappa shape index (κ1) is 50.1. The average molecular weight is 1010 g/mol. The Hall–Kier alpha value is -7.26. The van der Waals surface area contributed by atoms with Crippen molar-refractivity contribution in [1.82, 2.24) is 45.2 Å². The molecular weight excluding hydrogens is 957 g/mol. The van der Waals surface area contributed by atoms with Crippen LogP contribution in [0.3, 0.4) is 0 Å². The zero-order chi connectivity index (χ0) is 49.5. The summed E-state index contributed by atoms with van der Waals surface area (Å²) in [5, 5.41) is 27.4. The number of hydrogen-bond donors (Lipinski definition) is 7. The third-order valence-corrected chi connectivity index (χ3v) is 13.9. The van der Waals surface area contributed by atoms with Gasteiger partial charge in [-0.15, -0.1) is 32.9 Å². The summed E-state index contributed by atoms with van der Waals surface area (Å²) in [7, 11) is 0. The smallest absolute Gasteiger partial charge is 0.301 e. The lowest BCUT2D eigenvalue weighted by Crippen LogP contribution is -2.43. The molecule has 4 aromatic heterocycles. The van der Waals surface area contributed by atoms with E-state index in [1.54, 1.807) is 35.5 Å². The highest BCUT2D eigenvalue weighted by Crippen LogP contribution is 2.32. The van der Waals surface area contributed by atoms with Crippen LogP contribution < -0.4 is 43.8 Å². The maximum atomic E-state index is 13.6. The van der Waals surface area contributed by atoms with Gasteiger partial charge in [0.25, 0.3) is 5.91 Å². The van der Waals surface area contributed by atoms with Gasteiger partial charge >= 0.3 is 5.56 Å². The number of nitrogen functional groups attached to an aromatic ring is 1. The van der Waals surface area contributed by atoms with E-state index >= 15 is 0 Å². The molecule has 5 heterocycles. The Morgan fingerprint density at radius 3 is 2.48 bits per heavy atom. The minimum Gasteiger partial charge on any atom is -0.393 e. The van der Waals surface area contributed by atoms with E-state index in [0.29, 0.717) is 82.4 Å². The van der Waals surface area contributed by atoms with Crippen molar-refractivity contribution in [2.24, 2.45) is 27.7 Å². The number of hydrazine groups is 1. The lowest BCUT2D eigenvalue weighted by molar-refractivity contribution is -0.126. The number of amides is 2. The van der Waals surface area contributed by atoms with Crippen molar-refractivity contribution in [3.05, 3.63) is 123 Å². The lowest BCUT2D eigenvalue weighted by atomic mass is 9.96. The Morgan fingerprint density at radius 1 is 0.958 bits per heavy atom. The summed E-state index contributed by atoms with van der Waals surface area (Å²) in [6, 6.07) is 24.4. The van der Waals surface area contributed by atoms with Crippen LogP contribution in [-0.4, -0.2) is 98.0 Å². The summed E-state index contributed by atoms with van der Waals surface area (Å²) >= 11 is 4.17. The number of nitrogens with two attached hydrogens (primary N) is 3. The van der Waals surface area contributed by atoms with Crippen LogP contribution in [0.4, 0.5) is 28.1 Å². The number of azo groups is 1. The van der Waals surface area contributed by atoms with Crippen LogP contribution in [-0.2, 0) is 11.3 Å². The molecule has 1 aliphatic rings.